The topological polar surface area (TPSA) is 68.2 Å². The van der Waals surface area contributed by atoms with Gasteiger partial charge in [0.2, 0.25) is 11.9 Å². The minimum Gasteiger partial charge on any atom is -0.339 e. The maximum Gasteiger partial charge on any atom is 0.246 e. The monoisotopic (exact) mass is 397 g/mol. The number of anilines is 1. The number of hydrogen-bond donors (Lipinski definition) is 0. The van der Waals surface area contributed by atoms with Gasteiger partial charge in [0.05, 0.1) is 12.2 Å². The van der Waals surface area contributed by atoms with E-state index in [1.807, 2.05) is 17.4 Å². The second-order valence-electron chi connectivity index (χ2n) is 8.67. The molecule has 8 nitrogen and oxygen atoms in total. The van der Waals surface area contributed by atoms with Crippen molar-refractivity contribution in [3.05, 3.63) is 17.5 Å². The van der Waals surface area contributed by atoms with Crippen LogP contribution in [0.25, 0.3) is 0 Å². The van der Waals surface area contributed by atoms with E-state index >= 15 is 0 Å². The van der Waals surface area contributed by atoms with Crippen LogP contribution in [0.3, 0.4) is 0 Å². The van der Waals surface area contributed by atoms with Crippen LogP contribution in [0.5, 0.6) is 0 Å². The third kappa shape index (κ3) is 4.14. The molecule has 0 N–H and O–H groups in total. The van der Waals surface area contributed by atoms with Crippen LogP contribution in [0.2, 0.25) is 0 Å². The Hall–Kier alpha value is -2.06. The molecule has 4 heterocycles. The average molecular weight is 398 g/mol. The zero-order valence-electron chi connectivity index (χ0n) is 17.2. The van der Waals surface area contributed by atoms with Crippen molar-refractivity contribution in [2.45, 2.75) is 51.1 Å². The first-order valence-corrected chi connectivity index (χ1v) is 11.2. The lowest BCUT2D eigenvalue weighted by molar-refractivity contribution is -0.135. The van der Waals surface area contributed by atoms with Crippen molar-refractivity contribution in [3.63, 3.8) is 0 Å². The molecule has 0 unspecified atom stereocenters. The van der Waals surface area contributed by atoms with Gasteiger partial charge in [0, 0.05) is 76.3 Å². The minimum atomic E-state index is 0.266. The minimum absolute atomic E-state index is 0.266. The molecule has 8 heteroatoms. The summed E-state index contributed by atoms with van der Waals surface area (Å²) in [6, 6.07) is 0.784. The van der Waals surface area contributed by atoms with Crippen molar-refractivity contribution in [2.75, 3.05) is 50.8 Å². The Morgan fingerprint density at radius 3 is 2.66 bits per heavy atom. The van der Waals surface area contributed by atoms with Crippen molar-refractivity contribution in [1.29, 1.82) is 0 Å². The number of hydrazone groups is 1. The van der Waals surface area contributed by atoms with Gasteiger partial charge in [-0.05, 0) is 25.7 Å². The van der Waals surface area contributed by atoms with Crippen LogP contribution in [-0.4, -0.2) is 88.6 Å². The summed E-state index contributed by atoms with van der Waals surface area (Å²) in [6.07, 6.45) is 10.9. The van der Waals surface area contributed by atoms with Crippen molar-refractivity contribution in [1.82, 2.24) is 24.7 Å². The fourth-order valence-electron chi connectivity index (χ4n) is 4.70. The van der Waals surface area contributed by atoms with E-state index in [9.17, 15) is 4.79 Å². The molecule has 156 valence electrons. The van der Waals surface area contributed by atoms with Crippen LogP contribution < -0.4 is 5.01 Å². The third-order valence-corrected chi connectivity index (χ3v) is 6.77. The van der Waals surface area contributed by atoms with Gasteiger partial charge in [-0.15, -0.1) is 0 Å². The molecule has 0 aromatic carbocycles. The molecule has 3 aliphatic heterocycles. The smallest absolute Gasteiger partial charge is 0.246 e. The molecule has 1 aromatic heterocycles. The zero-order chi connectivity index (χ0) is 19.6. The van der Waals surface area contributed by atoms with Gasteiger partial charge in [0.25, 0.3) is 0 Å². The maximum absolute atomic E-state index is 12.8. The molecule has 0 radical (unpaired) electrons. The Balaban J connectivity index is 1.14. The number of amides is 1. The molecule has 0 atom stereocenters. The lowest BCUT2D eigenvalue weighted by Crippen LogP contribution is -2.55. The van der Waals surface area contributed by atoms with Crippen LogP contribution in [-0.2, 0) is 17.8 Å². The van der Waals surface area contributed by atoms with Crippen LogP contribution in [0.1, 0.15) is 43.4 Å². The third-order valence-electron chi connectivity index (χ3n) is 6.77. The van der Waals surface area contributed by atoms with Crippen LogP contribution in [0, 0.1) is 0 Å². The number of fused-ring (bicyclic) bond motifs is 1. The van der Waals surface area contributed by atoms with Crippen LogP contribution in [0.15, 0.2) is 11.3 Å². The Morgan fingerprint density at radius 1 is 1.07 bits per heavy atom. The summed E-state index contributed by atoms with van der Waals surface area (Å²) in [5.41, 5.74) is 2.25. The van der Waals surface area contributed by atoms with E-state index in [1.165, 1.54) is 19.3 Å². The molecule has 1 amide bonds. The lowest BCUT2D eigenvalue weighted by Gasteiger charge is -2.43. The van der Waals surface area contributed by atoms with Crippen molar-refractivity contribution in [2.24, 2.45) is 5.10 Å². The Morgan fingerprint density at radius 2 is 1.93 bits per heavy atom. The van der Waals surface area contributed by atoms with E-state index in [2.05, 4.69) is 24.8 Å². The highest BCUT2D eigenvalue weighted by molar-refractivity contribution is 5.78. The zero-order valence-corrected chi connectivity index (χ0v) is 17.2. The molecule has 4 aliphatic rings. The van der Waals surface area contributed by atoms with Crippen LogP contribution in [0.4, 0.5) is 5.95 Å². The summed E-state index contributed by atoms with van der Waals surface area (Å²) in [5.74, 6) is 0.968. The van der Waals surface area contributed by atoms with Gasteiger partial charge in [0.1, 0.15) is 0 Å². The summed E-state index contributed by atoms with van der Waals surface area (Å²) in [6.45, 7) is 6.84. The summed E-state index contributed by atoms with van der Waals surface area (Å²) >= 11 is 0. The highest BCUT2D eigenvalue weighted by Gasteiger charge is 2.30. The van der Waals surface area contributed by atoms with Gasteiger partial charge in [-0.1, -0.05) is 6.42 Å². The molecular formula is C21H31N7O. The molecular weight excluding hydrogens is 366 g/mol. The van der Waals surface area contributed by atoms with Gasteiger partial charge >= 0.3 is 0 Å². The predicted molar refractivity (Wildman–Crippen MR) is 112 cm³/mol. The summed E-state index contributed by atoms with van der Waals surface area (Å²) in [4.78, 5) is 29.0. The quantitative estimate of drug-likeness (QED) is 0.758. The molecule has 29 heavy (non-hydrogen) atoms. The molecule has 2 fully saturated rings. The van der Waals surface area contributed by atoms with E-state index in [-0.39, 0.29) is 5.91 Å². The molecule has 1 aromatic rings. The number of aromatic nitrogens is 2. The lowest BCUT2D eigenvalue weighted by atomic mass is 9.91. The van der Waals surface area contributed by atoms with Crippen molar-refractivity contribution in [3.8, 4) is 0 Å². The van der Waals surface area contributed by atoms with Gasteiger partial charge in [0.15, 0.2) is 0 Å². The fraction of sp³-hybridized carbons (Fsp3) is 0.714. The number of carbonyl (C=O) groups is 1. The highest BCUT2D eigenvalue weighted by atomic mass is 16.2. The SMILES string of the molecule is O=C(CN1CCc2nc(N3CCCC=N3)ncc2C1)N1CCN(C2CCC2)CC1. The van der Waals surface area contributed by atoms with E-state index in [1.54, 1.807) is 0 Å². The molecule has 0 spiro atoms. The van der Waals surface area contributed by atoms with Crippen molar-refractivity contribution >= 4 is 18.1 Å². The van der Waals surface area contributed by atoms with E-state index in [0.29, 0.717) is 12.5 Å². The van der Waals surface area contributed by atoms with Gasteiger partial charge < -0.3 is 4.90 Å². The summed E-state index contributed by atoms with van der Waals surface area (Å²) in [7, 11) is 0. The molecule has 1 aliphatic carbocycles. The van der Waals surface area contributed by atoms with Crippen LogP contribution >= 0.6 is 0 Å². The second kappa shape index (κ2) is 8.36. The number of rotatable bonds is 4. The number of hydrogen-bond acceptors (Lipinski definition) is 7. The Kier molecular flexibility index (Phi) is 5.46. The van der Waals surface area contributed by atoms with Crippen molar-refractivity contribution < 1.29 is 4.79 Å². The first kappa shape index (κ1) is 18.9. The van der Waals surface area contributed by atoms with Gasteiger partial charge in [-0.3, -0.25) is 14.6 Å². The van der Waals surface area contributed by atoms with Gasteiger partial charge in [-0.25, -0.2) is 15.0 Å². The van der Waals surface area contributed by atoms with E-state index in [4.69, 9.17) is 4.98 Å². The van der Waals surface area contributed by atoms with E-state index < -0.39 is 0 Å². The first-order valence-electron chi connectivity index (χ1n) is 11.2. The standard InChI is InChI=1S/C21H31N7O/c29-20(27-12-10-26(11-13-27)18-4-3-5-18)16-25-9-6-19-17(15-25)14-22-21(24-19)28-8-2-1-7-23-28/h7,14,18H,1-6,8-13,15-16H2. The number of nitrogens with zero attached hydrogens (tertiary/aromatic N) is 7. The largest absolute Gasteiger partial charge is 0.339 e. The molecule has 0 bridgehead atoms. The normalized spacial score (nSPS) is 23.7. The molecule has 1 saturated heterocycles. The fourth-order valence-corrected chi connectivity index (χ4v) is 4.70. The number of piperazine rings is 1. The highest BCUT2D eigenvalue weighted by Crippen LogP contribution is 2.26. The number of carbonyl (C=O) groups excluding carboxylic acids is 1. The molecule has 5 rings (SSSR count). The summed E-state index contributed by atoms with van der Waals surface area (Å²) in [5, 5.41) is 6.29. The predicted octanol–water partition coefficient (Wildman–Crippen LogP) is 1.12. The summed E-state index contributed by atoms with van der Waals surface area (Å²) < 4.78 is 0. The Labute approximate surface area is 172 Å². The molecule has 1 saturated carbocycles. The van der Waals surface area contributed by atoms with Gasteiger partial charge in [-0.2, -0.15) is 5.10 Å². The maximum atomic E-state index is 12.8. The second-order valence-corrected chi connectivity index (χ2v) is 8.67. The average Bonchev–Trinajstić information content (AvgIpc) is 2.73. The first-order chi connectivity index (χ1) is 14.3. The van der Waals surface area contributed by atoms with E-state index in [0.717, 1.165) is 82.4 Å². The Bertz CT molecular complexity index is 770.